The van der Waals surface area contributed by atoms with E-state index in [4.69, 9.17) is 9.72 Å². The summed E-state index contributed by atoms with van der Waals surface area (Å²) in [5, 5.41) is 19.8. The fourth-order valence-electron chi connectivity index (χ4n) is 3.61. The van der Waals surface area contributed by atoms with E-state index < -0.39 is 0 Å². The molecule has 2 aromatic rings. The molecule has 130 valence electrons. The topological polar surface area (TPSA) is 99.5 Å². The molecule has 3 heterocycles. The summed E-state index contributed by atoms with van der Waals surface area (Å²) >= 11 is 0. The van der Waals surface area contributed by atoms with Crippen LogP contribution >= 0.6 is 0 Å². The molecule has 1 aliphatic carbocycles. The van der Waals surface area contributed by atoms with Crippen molar-refractivity contribution in [3.05, 3.63) is 34.5 Å². The average molecular weight is 338 g/mol. The second kappa shape index (κ2) is 6.81. The molecule has 25 heavy (non-hydrogen) atoms. The van der Waals surface area contributed by atoms with Gasteiger partial charge in [0.2, 0.25) is 0 Å². The first-order valence-electron chi connectivity index (χ1n) is 8.94. The second-order valence-electron chi connectivity index (χ2n) is 6.79. The van der Waals surface area contributed by atoms with Gasteiger partial charge in [0.05, 0.1) is 11.7 Å². The Morgan fingerprint density at radius 2 is 2.20 bits per heavy atom. The smallest absolute Gasteiger partial charge is 0.179 e. The summed E-state index contributed by atoms with van der Waals surface area (Å²) in [5.41, 5.74) is 2.99. The van der Waals surface area contributed by atoms with E-state index in [1.165, 1.54) is 18.4 Å². The molecule has 0 saturated carbocycles. The van der Waals surface area contributed by atoms with Crippen molar-refractivity contribution in [1.82, 2.24) is 20.2 Å². The number of H-pyrrole nitrogens is 1. The first kappa shape index (κ1) is 16.0. The van der Waals surface area contributed by atoms with Gasteiger partial charge in [0, 0.05) is 12.2 Å². The van der Waals surface area contributed by atoms with Gasteiger partial charge in [-0.25, -0.2) is 9.97 Å². The third kappa shape index (κ3) is 3.35. The van der Waals surface area contributed by atoms with Crippen LogP contribution in [0.1, 0.15) is 60.3 Å². The minimum atomic E-state index is -0.0521. The summed E-state index contributed by atoms with van der Waals surface area (Å²) in [5.74, 6) is 2.21. The Morgan fingerprint density at radius 3 is 3.00 bits per heavy atom. The molecule has 2 atom stereocenters. The van der Waals surface area contributed by atoms with E-state index in [0.29, 0.717) is 17.9 Å². The molecule has 1 fully saturated rings. The van der Waals surface area contributed by atoms with Gasteiger partial charge in [0.15, 0.2) is 5.82 Å². The molecule has 1 aliphatic heterocycles. The van der Waals surface area contributed by atoms with Crippen LogP contribution in [-0.4, -0.2) is 32.8 Å². The quantitative estimate of drug-likeness (QED) is 0.889. The third-order valence-corrected chi connectivity index (χ3v) is 4.93. The number of aromatic nitrogens is 4. The van der Waals surface area contributed by atoms with Crippen molar-refractivity contribution in [2.24, 2.45) is 0 Å². The molecule has 0 spiro atoms. The van der Waals surface area contributed by atoms with Crippen LogP contribution in [0.2, 0.25) is 0 Å². The maximum atomic E-state index is 9.42. The summed E-state index contributed by atoms with van der Waals surface area (Å²) in [6.07, 6.45) is 6.27. The largest absolute Gasteiger partial charge is 0.366 e. The van der Waals surface area contributed by atoms with Crippen molar-refractivity contribution in [2.75, 3.05) is 11.9 Å². The lowest BCUT2D eigenvalue weighted by atomic mass is 9.95. The minimum Gasteiger partial charge on any atom is -0.366 e. The monoisotopic (exact) mass is 338 g/mol. The van der Waals surface area contributed by atoms with Crippen LogP contribution in [0, 0.1) is 18.3 Å². The van der Waals surface area contributed by atoms with Crippen LogP contribution in [0.25, 0.3) is 0 Å². The number of pyridine rings is 1. The molecule has 7 nitrogen and oxygen atoms in total. The van der Waals surface area contributed by atoms with Crippen LogP contribution in [0.15, 0.2) is 6.07 Å². The van der Waals surface area contributed by atoms with E-state index in [2.05, 4.69) is 26.6 Å². The Kier molecular flexibility index (Phi) is 4.36. The molecule has 0 radical (unpaired) electrons. The highest BCUT2D eigenvalue weighted by Crippen LogP contribution is 2.31. The molecule has 0 unspecified atom stereocenters. The Hall–Kier alpha value is -2.46. The van der Waals surface area contributed by atoms with Crippen molar-refractivity contribution < 1.29 is 4.74 Å². The lowest BCUT2D eigenvalue weighted by Crippen LogP contribution is -2.21. The first-order valence-corrected chi connectivity index (χ1v) is 8.94. The van der Waals surface area contributed by atoms with Gasteiger partial charge in [-0.15, -0.1) is 0 Å². The number of ether oxygens (including phenoxy) is 1. The van der Waals surface area contributed by atoms with Gasteiger partial charge < -0.3 is 10.1 Å². The molecule has 7 heteroatoms. The summed E-state index contributed by atoms with van der Waals surface area (Å²) < 4.78 is 6.05. The number of anilines is 1. The Bertz CT molecular complexity index is 808. The maximum Gasteiger partial charge on any atom is 0.179 e. The zero-order valence-corrected chi connectivity index (χ0v) is 14.4. The van der Waals surface area contributed by atoms with Crippen molar-refractivity contribution in [3.8, 4) is 6.07 Å². The number of fused-ring (bicyclic) bond motifs is 1. The first-order chi connectivity index (χ1) is 12.2. The fourth-order valence-corrected chi connectivity index (χ4v) is 3.61. The van der Waals surface area contributed by atoms with Crippen molar-refractivity contribution in [3.63, 3.8) is 0 Å². The van der Waals surface area contributed by atoms with E-state index in [1.807, 2.05) is 13.0 Å². The lowest BCUT2D eigenvalue weighted by Gasteiger charge is -2.18. The van der Waals surface area contributed by atoms with Gasteiger partial charge >= 0.3 is 0 Å². The SMILES string of the molecule is Cc1nc([C@@H]2CC[C@H](CNc3nc4c(cc3C#N)CCCC4)O2)n[nH]1. The van der Waals surface area contributed by atoms with Crippen LogP contribution in [-0.2, 0) is 17.6 Å². The third-order valence-electron chi connectivity index (χ3n) is 4.93. The van der Waals surface area contributed by atoms with E-state index in [0.717, 1.165) is 43.0 Å². The molecular formula is C18H22N6O. The number of nitrogens with one attached hydrogen (secondary N) is 2. The second-order valence-corrected chi connectivity index (χ2v) is 6.79. The van der Waals surface area contributed by atoms with Gasteiger partial charge in [0.1, 0.15) is 23.8 Å². The summed E-state index contributed by atoms with van der Waals surface area (Å²) in [6.45, 7) is 2.52. The highest BCUT2D eigenvalue weighted by atomic mass is 16.5. The van der Waals surface area contributed by atoms with E-state index in [-0.39, 0.29) is 12.2 Å². The number of hydrogen-bond donors (Lipinski definition) is 2. The maximum absolute atomic E-state index is 9.42. The molecule has 2 N–H and O–H groups in total. The van der Waals surface area contributed by atoms with Gasteiger partial charge in [-0.05, 0) is 57.1 Å². The van der Waals surface area contributed by atoms with Gasteiger partial charge in [0.25, 0.3) is 0 Å². The molecule has 0 amide bonds. The summed E-state index contributed by atoms with van der Waals surface area (Å²) in [7, 11) is 0. The highest BCUT2D eigenvalue weighted by Gasteiger charge is 2.29. The van der Waals surface area contributed by atoms with Crippen LogP contribution < -0.4 is 5.32 Å². The van der Waals surface area contributed by atoms with Crippen LogP contribution in [0.3, 0.4) is 0 Å². The number of rotatable bonds is 4. The van der Waals surface area contributed by atoms with E-state index in [1.54, 1.807) is 0 Å². The standard InChI is InChI=1S/C18H22N6O/c1-11-21-18(24-23-11)16-7-6-14(25-16)10-20-17-13(9-19)8-12-4-2-3-5-15(12)22-17/h8,14,16H,2-7,10H2,1H3,(H,20,22)(H,21,23,24)/t14-,16+/m1/s1. The average Bonchev–Trinajstić information content (AvgIpc) is 3.28. The number of aryl methyl sites for hydroxylation is 3. The predicted molar refractivity (Wildman–Crippen MR) is 92.1 cm³/mol. The normalized spacial score (nSPS) is 22.4. The molecule has 2 aliphatic rings. The molecular weight excluding hydrogens is 316 g/mol. The van der Waals surface area contributed by atoms with Crippen molar-refractivity contribution >= 4 is 5.82 Å². The fraction of sp³-hybridized carbons (Fsp3) is 0.556. The van der Waals surface area contributed by atoms with Gasteiger partial charge in [-0.3, -0.25) is 5.10 Å². The van der Waals surface area contributed by atoms with Gasteiger partial charge in [-0.1, -0.05) is 0 Å². The van der Waals surface area contributed by atoms with E-state index >= 15 is 0 Å². The van der Waals surface area contributed by atoms with E-state index in [9.17, 15) is 5.26 Å². The summed E-state index contributed by atoms with van der Waals surface area (Å²) in [6, 6.07) is 4.27. The highest BCUT2D eigenvalue weighted by molar-refractivity contribution is 5.54. The lowest BCUT2D eigenvalue weighted by molar-refractivity contribution is 0.0471. The van der Waals surface area contributed by atoms with Crippen molar-refractivity contribution in [2.45, 2.75) is 57.7 Å². The van der Waals surface area contributed by atoms with Crippen LogP contribution in [0.4, 0.5) is 5.82 Å². The number of nitrogens with zero attached hydrogens (tertiary/aromatic N) is 4. The Morgan fingerprint density at radius 1 is 1.32 bits per heavy atom. The van der Waals surface area contributed by atoms with Gasteiger partial charge in [-0.2, -0.15) is 10.4 Å². The zero-order valence-electron chi connectivity index (χ0n) is 14.4. The number of hydrogen-bond acceptors (Lipinski definition) is 6. The van der Waals surface area contributed by atoms with Crippen molar-refractivity contribution in [1.29, 1.82) is 5.26 Å². The molecule has 4 rings (SSSR count). The molecule has 0 bridgehead atoms. The Balaban J connectivity index is 1.41. The molecule has 1 saturated heterocycles. The van der Waals surface area contributed by atoms with Crippen LogP contribution in [0.5, 0.6) is 0 Å². The number of aromatic amines is 1. The molecule has 2 aromatic heterocycles. The summed E-state index contributed by atoms with van der Waals surface area (Å²) in [4.78, 5) is 9.06. The predicted octanol–water partition coefficient (Wildman–Crippen LogP) is 2.59. The minimum absolute atomic E-state index is 0.0521. The molecule has 0 aromatic carbocycles. The number of nitriles is 1. The Labute approximate surface area is 146 Å². The zero-order chi connectivity index (χ0) is 17.2.